The van der Waals surface area contributed by atoms with E-state index < -0.39 is 0 Å². The van der Waals surface area contributed by atoms with Gasteiger partial charge >= 0.3 is 0 Å². The van der Waals surface area contributed by atoms with Crippen LogP contribution in [0.4, 0.5) is 5.69 Å². The first-order valence-electron chi connectivity index (χ1n) is 10.6. The number of carbonyl (C=O) groups excluding carboxylic acids is 3. The van der Waals surface area contributed by atoms with Crippen LogP contribution in [-0.4, -0.2) is 65.2 Å². The lowest BCUT2D eigenvalue weighted by Gasteiger charge is -2.31. The lowest BCUT2D eigenvalue weighted by molar-refractivity contribution is -0.121. The second-order valence-electron chi connectivity index (χ2n) is 7.97. The molecule has 1 aromatic carbocycles. The Morgan fingerprint density at radius 1 is 0.968 bits per heavy atom. The first-order chi connectivity index (χ1) is 15.0. The van der Waals surface area contributed by atoms with Crippen molar-refractivity contribution in [2.75, 3.05) is 43.0 Å². The molecule has 0 saturated carbocycles. The monoisotopic (exact) mass is 457 g/mol. The lowest BCUT2D eigenvalue weighted by Crippen LogP contribution is -2.41. The van der Waals surface area contributed by atoms with Crippen LogP contribution in [0, 0.1) is 12.8 Å². The van der Waals surface area contributed by atoms with Gasteiger partial charge in [-0.25, -0.2) is 0 Å². The third kappa shape index (κ3) is 5.13. The highest BCUT2D eigenvalue weighted by Gasteiger charge is 2.28. The van der Waals surface area contributed by atoms with Gasteiger partial charge in [0.2, 0.25) is 5.91 Å². The number of nitrogens with one attached hydrogen (secondary N) is 1. The standard InChI is InChI=1S/C23H27N3O3S2/c1-16-15-18(22(28)26-10-13-30-14-11-26)4-5-19(16)24-21(27)17-6-8-25(9-7-17)23(29)20-3-2-12-31-20/h2-5,12,15,17H,6-11,13-14H2,1H3,(H,24,27). The maximum Gasteiger partial charge on any atom is 0.263 e. The zero-order valence-corrected chi connectivity index (χ0v) is 19.3. The van der Waals surface area contributed by atoms with Gasteiger partial charge < -0.3 is 15.1 Å². The SMILES string of the molecule is Cc1cc(C(=O)N2CCSCC2)ccc1NC(=O)C1CCN(C(=O)c2cccs2)CC1. The molecule has 2 aliphatic heterocycles. The van der Waals surface area contributed by atoms with Gasteiger partial charge in [0.15, 0.2) is 0 Å². The van der Waals surface area contributed by atoms with Crippen LogP contribution in [0.1, 0.15) is 38.4 Å². The van der Waals surface area contributed by atoms with E-state index in [1.54, 1.807) is 6.07 Å². The lowest BCUT2D eigenvalue weighted by atomic mass is 9.95. The molecule has 0 bridgehead atoms. The Morgan fingerprint density at radius 3 is 2.32 bits per heavy atom. The zero-order chi connectivity index (χ0) is 21.8. The van der Waals surface area contributed by atoms with Crippen LogP contribution in [-0.2, 0) is 4.79 Å². The summed E-state index contributed by atoms with van der Waals surface area (Å²) in [5.74, 6) is 1.95. The summed E-state index contributed by atoms with van der Waals surface area (Å²) in [6.07, 6.45) is 1.32. The number of hydrogen-bond donors (Lipinski definition) is 1. The molecule has 3 heterocycles. The summed E-state index contributed by atoms with van der Waals surface area (Å²) in [6.45, 7) is 4.68. The highest BCUT2D eigenvalue weighted by molar-refractivity contribution is 7.99. The van der Waals surface area contributed by atoms with Crippen LogP contribution < -0.4 is 5.32 Å². The van der Waals surface area contributed by atoms with Crippen LogP contribution >= 0.6 is 23.1 Å². The smallest absolute Gasteiger partial charge is 0.263 e. The Bertz CT molecular complexity index is 947. The largest absolute Gasteiger partial charge is 0.338 e. The molecular weight excluding hydrogens is 430 g/mol. The molecule has 0 spiro atoms. The summed E-state index contributed by atoms with van der Waals surface area (Å²) in [7, 11) is 0. The van der Waals surface area contributed by atoms with E-state index in [1.807, 2.05) is 58.1 Å². The Kier molecular flexibility index (Phi) is 6.97. The van der Waals surface area contributed by atoms with Crippen LogP contribution in [0.3, 0.4) is 0 Å². The number of benzene rings is 1. The highest BCUT2D eigenvalue weighted by atomic mass is 32.2. The van der Waals surface area contributed by atoms with Crippen LogP contribution in [0.2, 0.25) is 0 Å². The fourth-order valence-electron chi connectivity index (χ4n) is 4.02. The van der Waals surface area contributed by atoms with Gasteiger partial charge in [0.05, 0.1) is 4.88 Å². The van der Waals surface area contributed by atoms with E-state index in [4.69, 9.17) is 0 Å². The van der Waals surface area contributed by atoms with Gasteiger partial charge in [0.25, 0.3) is 11.8 Å². The van der Waals surface area contributed by atoms with Gasteiger partial charge in [-0.2, -0.15) is 11.8 Å². The van der Waals surface area contributed by atoms with Gasteiger partial charge in [0.1, 0.15) is 0 Å². The Hall–Kier alpha value is -2.32. The predicted octanol–water partition coefficient (Wildman–Crippen LogP) is 3.74. The van der Waals surface area contributed by atoms with E-state index in [0.717, 1.165) is 40.7 Å². The van der Waals surface area contributed by atoms with E-state index in [1.165, 1.54) is 11.3 Å². The van der Waals surface area contributed by atoms with Gasteiger partial charge in [0, 0.05) is 54.9 Å². The molecule has 4 rings (SSSR count). The van der Waals surface area contributed by atoms with Gasteiger partial charge in [-0.05, 0) is 55.0 Å². The number of thioether (sulfide) groups is 1. The summed E-state index contributed by atoms with van der Waals surface area (Å²) < 4.78 is 0. The number of likely N-dealkylation sites (tertiary alicyclic amines) is 1. The van der Waals surface area contributed by atoms with Gasteiger partial charge in [-0.3, -0.25) is 14.4 Å². The maximum atomic E-state index is 12.8. The Balaban J connectivity index is 1.32. The maximum absolute atomic E-state index is 12.8. The molecule has 2 aromatic rings. The number of aryl methyl sites for hydroxylation is 1. The molecule has 3 amide bonds. The molecular formula is C23H27N3O3S2. The molecule has 2 fully saturated rings. The van der Waals surface area contributed by atoms with E-state index >= 15 is 0 Å². The Labute approximate surface area is 191 Å². The van der Waals surface area contributed by atoms with Crippen molar-refractivity contribution in [1.29, 1.82) is 0 Å². The van der Waals surface area contributed by atoms with Crippen molar-refractivity contribution in [2.24, 2.45) is 5.92 Å². The van der Waals surface area contributed by atoms with Crippen molar-refractivity contribution >= 4 is 46.5 Å². The fraction of sp³-hybridized carbons (Fsp3) is 0.435. The molecule has 0 unspecified atom stereocenters. The Morgan fingerprint density at radius 2 is 1.68 bits per heavy atom. The minimum Gasteiger partial charge on any atom is -0.338 e. The van der Waals surface area contributed by atoms with E-state index in [0.29, 0.717) is 31.5 Å². The number of amides is 3. The number of rotatable bonds is 4. The molecule has 2 aliphatic rings. The molecule has 0 aliphatic carbocycles. The molecule has 8 heteroatoms. The summed E-state index contributed by atoms with van der Waals surface area (Å²) >= 11 is 3.32. The number of hydrogen-bond acceptors (Lipinski definition) is 5. The average Bonchev–Trinajstić information content (AvgIpc) is 3.35. The summed E-state index contributed by atoms with van der Waals surface area (Å²) in [5, 5.41) is 4.93. The minimum absolute atomic E-state index is 0.0153. The van der Waals surface area contributed by atoms with Crippen LogP contribution in [0.15, 0.2) is 35.7 Å². The van der Waals surface area contributed by atoms with E-state index in [9.17, 15) is 14.4 Å². The van der Waals surface area contributed by atoms with Crippen molar-refractivity contribution in [3.63, 3.8) is 0 Å². The third-order valence-corrected chi connectivity index (χ3v) is 7.71. The van der Waals surface area contributed by atoms with Crippen LogP contribution in [0.25, 0.3) is 0 Å². The van der Waals surface area contributed by atoms with Crippen molar-refractivity contribution < 1.29 is 14.4 Å². The topological polar surface area (TPSA) is 69.7 Å². The molecule has 1 N–H and O–H groups in total. The summed E-state index contributed by atoms with van der Waals surface area (Å²) in [6, 6.07) is 9.21. The zero-order valence-electron chi connectivity index (χ0n) is 17.6. The molecule has 164 valence electrons. The molecule has 0 atom stereocenters. The first-order valence-corrected chi connectivity index (χ1v) is 12.7. The highest BCUT2D eigenvalue weighted by Crippen LogP contribution is 2.24. The third-order valence-electron chi connectivity index (χ3n) is 5.91. The quantitative estimate of drug-likeness (QED) is 0.759. The number of piperidine rings is 1. The van der Waals surface area contributed by atoms with Gasteiger partial charge in [-0.15, -0.1) is 11.3 Å². The van der Waals surface area contributed by atoms with E-state index in [2.05, 4.69) is 5.32 Å². The predicted molar refractivity (Wildman–Crippen MR) is 126 cm³/mol. The molecule has 1 aromatic heterocycles. The number of anilines is 1. The molecule has 31 heavy (non-hydrogen) atoms. The number of thiophene rings is 1. The number of nitrogens with zero attached hydrogens (tertiary/aromatic N) is 2. The van der Waals surface area contributed by atoms with E-state index in [-0.39, 0.29) is 23.6 Å². The molecule has 2 saturated heterocycles. The summed E-state index contributed by atoms with van der Waals surface area (Å²) in [4.78, 5) is 42.5. The van der Waals surface area contributed by atoms with Gasteiger partial charge in [-0.1, -0.05) is 6.07 Å². The minimum atomic E-state index is -0.112. The normalized spacial score (nSPS) is 17.5. The van der Waals surface area contributed by atoms with Crippen molar-refractivity contribution in [2.45, 2.75) is 19.8 Å². The first kappa shape index (κ1) is 21.9. The number of carbonyl (C=O) groups is 3. The molecule has 0 radical (unpaired) electrons. The van der Waals surface area contributed by atoms with Crippen molar-refractivity contribution in [1.82, 2.24) is 9.80 Å². The summed E-state index contributed by atoms with van der Waals surface area (Å²) in [5.41, 5.74) is 2.30. The van der Waals surface area contributed by atoms with Crippen LogP contribution in [0.5, 0.6) is 0 Å². The van der Waals surface area contributed by atoms with Crippen molar-refractivity contribution in [3.05, 3.63) is 51.7 Å². The second-order valence-corrected chi connectivity index (χ2v) is 10.1. The van der Waals surface area contributed by atoms with Crippen molar-refractivity contribution in [3.8, 4) is 0 Å². The second kappa shape index (κ2) is 9.87. The molecule has 6 nitrogen and oxygen atoms in total. The fourth-order valence-corrected chi connectivity index (χ4v) is 5.62. The average molecular weight is 458 g/mol.